The fourth-order valence-electron chi connectivity index (χ4n) is 3.17. The minimum absolute atomic E-state index is 0.0851. The van der Waals surface area contributed by atoms with Gasteiger partial charge in [-0.05, 0) is 23.6 Å². The Bertz CT molecular complexity index is 997. The summed E-state index contributed by atoms with van der Waals surface area (Å²) in [4.78, 5) is 26.7. The van der Waals surface area contributed by atoms with Crippen LogP contribution in [0.5, 0.6) is 0 Å². The molecule has 1 aromatic rings. The summed E-state index contributed by atoms with van der Waals surface area (Å²) in [5, 5.41) is 25.9. The van der Waals surface area contributed by atoms with Crippen molar-refractivity contribution in [2.24, 2.45) is 0 Å². The number of carboxylic acids is 1. The van der Waals surface area contributed by atoms with Crippen molar-refractivity contribution in [3.8, 4) is 0 Å². The molecule has 31 heavy (non-hydrogen) atoms. The summed E-state index contributed by atoms with van der Waals surface area (Å²) >= 11 is 7.75. The molecule has 4 N–H and O–H groups in total. The van der Waals surface area contributed by atoms with E-state index in [0.717, 1.165) is 18.0 Å². The smallest absolute Gasteiger partial charge is 0.352 e. The van der Waals surface area contributed by atoms with Gasteiger partial charge in [-0.3, -0.25) is 9.69 Å². The lowest BCUT2D eigenvalue weighted by Crippen LogP contribution is -2.70. The first-order valence-corrected chi connectivity index (χ1v) is 13.4. The summed E-state index contributed by atoms with van der Waals surface area (Å²) in [5.74, 6) is -1.23. The predicted molar refractivity (Wildman–Crippen MR) is 119 cm³/mol. The number of tetrazole rings is 1. The van der Waals surface area contributed by atoms with Gasteiger partial charge in [0.15, 0.2) is 0 Å². The molecule has 0 aliphatic carbocycles. The number of carboxylic acid groups (broad SMARTS) is 1. The minimum Gasteiger partial charge on any atom is -0.477 e. The van der Waals surface area contributed by atoms with Crippen LogP contribution in [-0.4, -0.2) is 91.1 Å². The van der Waals surface area contributed by atoms with Crippen LogP contribution < -0.4 is 10.0 Å². The predicted octanol–water partition coefficient (Wildman–Crippen LogP) is -0.451. The van der Waals surface area contributed by atoms with E-state index in [-0.39, 0.29) is 35.1 Å². The first-order valence-electron chi connectivity index (χ1n) is 9.17. The van der Waals surface area contributed by atoms with Gasteiger partial charge in [0, 0.05) is 17.5 Å². The number of hydrogen-bond acceptors (Lipinski definition) is 10. The van der Waals surface area contributed by atoms with E-state index in [1.165, 1.54) is 16.7 Å². The van der Waals surface area contributed by atoms with Gasteiger partial charge in [0.05, 0.1) is 11.2 Å². The molecule has 3 rings (SSSR count). The number of amides is 1. The molecule has 16 heteroatoms. The van der Waals surface area contributed by atoms with Crippen LogP contribution in [0.1, 0.15) is 19.8 Å². The third kappa shape index (κ3) is 5.54. The number of carbonyl (C=O) groups excluding carboxylic acids is 1. The summed E-state index contributed by atoms with van der Waals surface area (Å²) in [5.41, 5.74) is 0.415. The lowest BCUT2D eigenvalue weighted by molar-refractivity contribution is -0.148. The molecule has 170 valence electrons. The number of nitrogens with zero attached hydrogens (tertiary/aromatic N) is 4. The number of thiocarbonyl (C=S) groups is 1. The van der Waals surface area contributed by atoms with Gasteiger partial charge in [0.2, 0.25) is 15.2 Å². The number of fused-ring (bicyclic) bond motifs is 1. The van der Waals surface area contributed by atoms with Gasteiger partial charge in [-0.15, -0.1) is 22.0 Å². The molecule has 1 saturated heterocycles. The van der Waals surface area contributed by atoms with Crippen molar-refractivity contribution in [3.63, 3.8) is 0 Å². The number of sulfonamides is 1. The number of thioether (sulfide) groups is 2. The zero-order valence-electron chi connectivity index (χ0n) is 16.6. The van der Waals surface area contributed by atoms with Gasteiger partial charge in [0.25, 0.3) is 5.91 Å². The van der Waals surface area contributed by atoms with E-state index >= 15 is 0 Å². The fraction of sp³-hybridized carbons (Fsp3) is 0.600. The highest BCUT2D eigenvalue weighted by atomic mass is 32.2. The number of hydrogen-bond donors (Lipinski definition) is 4. The second-order valence-electron chi connectivity index (χ2n) is 6.74. The van der Waals surface area contributed by atoms with Crippen LogP contribution in [0.15, 0.2) is 16.4 Å². The quantitative estimate of drug-likeness (QED) is 0.183. The van der Waals surface area contributed by atoms with Gasteiger partial charge in [-0.1, -0.05) is 30.9 Å². The average molecular weight is 508 g/mol. The van der Waals surface area contributed by atoms with Crippen molar-refractivity contribution >= 4 is 62.6 Å². The molecule has 3 heterocycles. The monoisotopic (exact) mass is 507 g/mol. The van der Waals surface area contributed by atoms with Gasteiger partial charge < -0.3 is 10.4 Å². The van der Waals surface area contributed by atoms with Crippen LogP contribution in [0.25, 0.3) is 0 Å². The third-order valence-corrected chi connectivity index (χ3v) is 8.20. The van der Waals surface area contributed by atoms with Crippen molar-refractivity contribution in [2.45, 2.75) is 41.6 Å². The first-order chi connectivity index (χ1) is 14.6. The lowest BCUT2D eigenvalue weighted by Gasteiger charge is -2.50. The summed E-state index contributed by atoms with van der Waals surface area (Å²) in [6.07, 6.45) is 1.90. The second-order valence-corrected chi connectivity index (χ2v) is 11.3. The summed E-state index contributed by atoms with van der Waals surface area (Å²) < 4.78 is 25.3. The highest BCUT2D eigenvalue weighted by molar-refractivity contribution is 8.01. The largest absolute Gasteiger partial charge is 0.477 e. The Balaban J connectivity index is 1.88. The molecule has 2 aliphatic rings. The molecule has 1 amide bonds. The van der Waals surface area contributed by atoms with E-state index in [2.05, 4.69) is 30.7 Å². The van der Waals surface area contributed by atoms with Gasteiger partial charge >= 0.3 is 5.97 Å². The fourth-order valence-corrected chi connectivity index (χ4v) is 6.33. The van der Waals surface area contributed by atoms with Crippen LogP contribution in [0.3, 0.4) is 0 Å². The van der Waals surface area contributed by atoms with Gasteiger partial charge in [-0.2, -0.15) is 5.21 Å². The number of nitrogens with one attached hydrogen (secondary N) is 3. The van der Waals surface area contributed by atoms with Crippen molar-refractivity contribution in [2.75, 3.05) is 18.6 Å². The lowest BCUT2D eigenvalue weighted by atomic mass is 10.0. The molecule has 2 aliphatic heterocycles. The van der Waals surface area contributed by atoms with E-state index in [1.54, 1.807) is 0 Å². The van der Waals surface area contributed by atoms with Crippen molar-refractivity contribution in [1.29, 1.82) is 0 Å². The number of aliphatic carboxylic acids is 1. The number of aromatic amines is 1. The zero-order valence-corrected chi connectivity index (χ0v) is 19.8. The van der Waals surface area contributed by atoms with Crippen LogP contribution in [0, 0.1) is 0 Å². The Morgan fingerprint density at radius 1 is 1.52 bits per heavy atom. The van der Waals surface area contributed by atoms with E-state index < -0.39 is 27.3 Å². The normalized spacial score (nSPS) is 22.0. The second kappa shape index (κ2) is 9.81. The summed E-state index contributed by atoms with van der Waals surface area (Å²) in [6.45, 7) is 1.96. The molecular formula is C15H21N7O5S4. The number of H-pyrrole nitrogens is 1. The van der Waals surface area contributed by atoms with Crippen LogP contribution in [0.2, 0.25) is 0 Å². The molecule has 0 spiro atoms. The first kappa shape index (κ1) is 23.9. The van der Waals surface area contributed by atoms with Crippen molar-refractivity contribution in [1.82, 2.24) is 35.6 Å². The highest BCUT2D eigenvalue weighted by Crippen LogP contribution is 2.44. The topological polar surface area (TPSA) is 170 Å². The standard InChI is InChI=1S/C15H21N7O5S4/c1-3-9(28)17-10-12(23)22-11(14(24)25)7(6-29-13(10)22)8(4-5-16-31(2,26)27)30-15-18-20-21-19-15/h8,10,13,16H,3-6H2,1-2H3,(H,17,28)(H,24,25)(H,18,19,20,21)/t8?,10-,13-/m1/s1. The Labute approximate surface area is 192 Å². The maximum Gasteiger partial charge on any atom is 0.352 e. The summed E-state index contributed by atoms with van der Waals surface area (Å²) in [6, 6.07) is -0.566. The average Bonchev–Trinajstić information content (AvgIpc) is 3.22. The molecule has 1 fully saturated rings. The van der Waals surface area contributed by atoms with Crippen LogP contribution in [0.4, 0.5) is 0 Å². The van der Waals surface area contributed by atoms with Crippen LogP contribution >= 0.6 is 35.7 Å². The van der Waals surface area contributed by atoms with E-state index in [9.17, 15) is 23.1 Å². The van der Waals surface area contributed by atoms with Gasteiger partial charge in [0.1, 0.15) is 17.1 Å². The Kier molecular flexibility index (Phi) is 7.56. The van der Waals surface area contributed by atoms with Crippen molar-refractivity contribution < 1.29 is 23.1 Å². The van der Waals surface area contributed by atoms with E-state index in [4.69, 9.17) is 12.2 Å². The Hall–Kier alpha value is -1.75. The number of carbonyl (C=O) groups is 2. The Morgan fingerprint density at radius 3 is 2.84 bits per heavy atom. The van der Waals surface area contributed by atoms with Crippen molar-refractivity contribution in [3.05, 3.63) is 11.3 Å². The number of β-lactam (4-membered cyclic amide) rings is 1. The minimum atomic E-state index is -3.41. The SMILES string of the molecule is CCC(=S)N[C@@H]1C(=O)N2C(C(=O)O)=C(C(CCNS(C)(=O)=O)Sc3nn[nH]n3)CS[C@H]12. The number of aromatic nitrogens is 4. The van der Waals surface area contributed by atoms with Crippen LogP contribution in [-0.2, 0) is 19.6 Å². The number of rotatable bonds is 10. The maximum absolute atomic E-state index is 12.7. The molecule has 0 radical (unpaired) electrons. The molecule has 1 unspecified atom stereocenters. The molecule has 0 saturated carbocycles. The molecule has 0 aromatic carbocycles. The molecular weight excluding hydrogens is 486 g/mol. The Morgan fingerprint density at radius 2 is 2.26 bits per heavy atom. The third-order valence-electron chi connectivity index (χ3n) is 4.57. The maximum atomic E-state index is 12.7. The van der Waals surface area contributed by atoms with E-state index in [0.29, 0.717) is 22.7 Å². The highest BCUT2D eigenvalue weighted by Gasteiger charge is 2.54. The zero-order chi connectivity index (χ0) is 22.8. The molecule has 1 aromatic heterocycles. The van der Waals surface area contributed by atoms with E-state index in [1.807, 2.05) is 6.92 Å². The van der Waals surface area contributed by atoms with Gasteiger partial charge in [-0.25, -0.2) is 17.9 Å². The summed E-state index contributed by atoms with van der Waals surface area (Å²) in [7, 11) is -3.41. The molecule has 3 atom stereocenters. The molecule has 0 bridgehead atoms. The molecule has 12 nitrogen and oxygen atoms in total.